The molecule has 0 aromatic carbocycles. The summed E-state index contributed by atoms with van der Waals surface area (Å²) in [7, 11) is 0. The van der Waals surface area contributed by atoms with E-state index in [1.165, 1.54) is 116 Å². The van der Waals surface area contributed by atoms with Gasteiger partial charge < -0.3 is 20.6 Å². The highest BCUT2D eigenvalue weighted by Crippen LogP contribution is 2.78. The van der Waals surface area contributed by atoms with Crippen molar-refractivity contribution in [3.63, 3.8) is 0 Å². The predicted octanol–water partition coefficient (Wildman–Crippen LogP) is 12.4. The maximum atomic E-state index is 12.5. The second kappa shape index (κ2) is 19.6. The van der Waals surface area contributed by atoms with Crippen molar-refractivity contribution >= 4 is 5.91 Å². The van der Waals surface area contributed by atoms with Crippen molar-refractivity contribution in [3.8, 4) is 0 Å². The molecule has 1 amide bonds. The van der Waals surface area contributed by atoms with Crippen molar-refractivity contribution in [1.82, 2.24) is 5.32 Å². The third kappa shape index (κ3) is 9.66. The molecule has 0 aromatic heterocycles. The van der Waals surface area contributed by atoms with Crippen molar-refractivity contribution in [1.29, 1.82) is 0 Å². The molecule has 5 heteroatoms. The van der Waals surface area contributed by atoms with Gasteiger partial charge in [-0.3, -0.25) is 4.79 Å². The molecule has 0 bridgehead atoms. The van der Waals surface area contributed by atoms with Crippen molar-refractivity contribution in [3.05, 3.63) is 12.2 Å². The summed E-state index contributed by atoms with van der Waals surface area (Å²) in [6.07, 6.45) is 31.4. The third-order valence-corrected chi connectivity index (χ3v) is 18.9. The molecule has 0 aliphatic heterocycles. The Morgan fingerprint density at radius 2 is 1.27 bits per heavy atom. The van der Waals surface area contributed by atoms with Gasteiger partial charge in [-0.25, -0.2) is 0 Å². The van der Waals surface area contributed by atoms with Crippen LogP contribution in [0.15, 0.2) is 12.2 Å². The van der Waals surface area contributed by atoms with Gasteiger partial charge in [-0.05, 0) is 172 Å². The van der Waals surface area contributed by atoms with E-state index in [1.807, 2.05) is 0 Å². The van der Waals surface area contributed by atoms with Crippen LogP contribution in [0.2, 0.25) is 0 Å². The zero-order valence-corrected chi connectivity index (χ0v) is 38.0. The van der Waals surface area contributed by atoms with Crippen LogP contribution >= 0.6 is 0 Å². The maximum Gasteiger partial charge on any atom is 0.220 e. The lowest BCUT2D eigenvalue weighted by atomic mass is 9.32. The van der Waals surface area contributed by atoms with Crippen LogP contribution in [-0.2, 0) is 4.79 Å². The van der Waals surface area contributed by atoms with Gasteiger partial charge in [0.1, 0.15) is 6.10 Å². The quantitative estimate of drug-likeness (QED) is 0.0690. The van der Waals surface area contributed by atoms with Crippen LogP contribution in [0.3, 0.4) is 0 Å². The Labute approximate surface area is 345 Å². The van der Waals surface area contributed by atoms with E-state index in [0.29, 0.717) is 51.8 Å². The van der Waals surface area contributed by atoms with Crippen molar-refractivity contribution < 1.29 is 20.1 Å². The highest BCUT2D eigenvalue weighted by molar-refractivity contribution is 5.75. The van der Waals surface area contributed by atoms with E-state index in [1.54, 1.807) is 0 Å². The van der Waals surface area contributed by atoms with Gasteiger partial charge in [0.25, 0.3) is 0 Å². The molecule has 324 valence electrons. The third-order valence-electron chi connectivity index (χ3n) is 18.9. The number of nitrogens with one attached hydrogen (secondary N) is 1. The van der Waals surface area contributed by atoms with Gasteiger partial charge in [-0.1, -0.05) is 112 Å². The number of aliphatic hydroxyl groups is 3. The molecule has 5 saturated carbocycles. The van der Waals surface area contributed by atoms with Gasteiger partial charge in [-0.2, -0.15) is 0 Å². The van der Waals surface area contributed by atoms with Crippen molar-refractivity contribution in [2.24, 2.45) is 62.6 Å². The summed E-state index contributed by atoms with van der Waals surface area (Å²) in [6, 6.07) is 0. The minimum absolute atomic E-state index is 0.0159. The largest absolute Gasteiger partial charge is 0.390 e. The molecule has 56 heavy (non-hydrogen) atoms. The highest BCUT2D eigenvalue weighted by atomic mass is 16.4. The van der Waals surface area contributed by atoms with Crippen molar-refractivity contribution in [2.45, 2.75) is 234 Å². The topological polar surface area (TPSA) is 89.8 Å². The van der Waals surface area contributed by atoms with Crippen LogP contribution in [0.5, 0.6) is 0 Å². The van der Waals surface area contributed by atoms with E-state index in [-0.39, 0.29) is 12.5 Å². The standard InChI is InChI=1S/C51H91NO4/c1-9-10-11-12-13-14-15-16-17-18-19-20-21-23-45(55)52-36-41(54)46(56)40(53)25-24-37(2)38-28-33-48(5)39(38)29-34-50(7)43(48)26-27-44-49(6)32-22-31-47(3,4)42(49)30-35-51(44,50)8/h14-15,37-44,46,53-54,56H,9-13,16-36H2,1-8H3,(H,52,55)/b15-14+/t37-,38-,39+,40-,41+,42+,43-,44-,46-,48+,49+,50-,51-/m1/s1. The van der Waals surface area contributed by atoms with Crippen LogP contribution < -0.4 is 5.32 Å². The van der Waals surface area contributed by atoms with Gasteiger partial charge in [0.15, 0.2) is 0 Å². The molecule has 4 N–H and O–H groups in total. The minimum atomic E-state index is -1.25. The molecule has 0 spiro atoms. The van der Waals surface area contributed by atoms with Gasteiger partial charge in [0.05, 0.1) is 12.2 Å². The Bertz CT molecular complexity index is 1260. The van der Waals surface area contributed by atoms with E-state index in [9.17, 15) is 20.1 Å². The van der Waals surface area contributed by atoms with Gasteiger partial charge in [-0.15, -0.1) is 0 Å². The second-order valence-corrected chi connectivity index (χ2v) is 22.4. The van der Waals surface area contributed by atoms with Gasteiger partial charge in [0, 0.05) is 13.0 Å². The number of carbonyl (C=O) groups excluding carboxylic acids is 1. The van der Waals surface area contributed by atoms with E-state index in [2.05, 4.69) is 72.9 Å². The Kier molecular flexibility index (Phi) is 16.2. The first-order valence-corrected chi connectivity index (χ1v) is 24.5. The zero-order valence-electron chi connectivity index (χ0n) is 38.0. The molecular weight excluding hydrogens is 691 g/mol. The second-order valence-electron chi connectivity index (χ2n) is 22.4. The van der Waals surface area contributed by atoms with E-state index in [0.717, 1.165) is 55.8 Å². The average Bonchev–Trinajstić information content (AvgIpc) is 3.51. The molecule has 0 radical (unpaired) electrons. The Hall–Kier alpha value is -0.910. The summed E-state index contributed by atoms with van der Waals surface area (Å²) in [5.41, 5.74) is 2.19. The monoisotopic (exact) mass is 782 g/mol. The fraction of sp³-hybridized carbons (Fsp3) is 0.941. The smallest absolute Gasteiger partial charge is 0.220 e. The molecule has 13 atom stereocenters. The van der Waals surface area contributed by atoms with Crippen LogP contribution in [-0.4, -0.2) is 46.1 Å². The summed E-state index contributed by atoms with van der Waals surface area (Å²) >= 11 is 0. The molecule has 0 aromatic rings. The van der Waals surface area contributed by atoms with Crippen LogP contribution in [0, 0.1) is 62.6 Å². The number of allylic oxidation sites excluding steroid dienone is 2. The van der Waals surface area contributed by atoms with Gasteiger partial charge in [0.2, 0.25) is 5.91 Å². The summed E-state index contributed by atoms with van der Waals surface area (Å²) in [5.74, 6) is 4.32. The summed E-state index contributed by atoms with van der Waals surface area (Å²) in [5, 5.41) is 35.3. The Morgan fingerprint density at radius 3 is 1.95 bits per heavy atom. The fourth-order valence-corrected chi connectivity index (χ4v) is 15.5. The molecule has 5 aliphatic carbocycles. The number of carbonyl (C=O) groups is 1. The number of unbranched alkanes of at least 4 members (excludes halogenated alkanes) is 9. The normalized spacial score (nSPS) is 38.5. The number of hydrogen-bond donors (Lipinski definition) is 4. The zero-order chi connectivity index (χ0) is 40.8. The number of hydrogen-bond acceptors (Lipinski definition) is 4. The molecule has 0 heterocycles. The fourth-order valence-electron chi connectivity index (χ4n) is 15.5. The molecule has 5 aliphatic rings. The first kappa shape index (κ1) is 46.2. The lowest BCUT2D eigenvalue weighted by Crippen LogP contribution is -2.65. The predicted molar refractivity (Wildman–Crippen MR) is 234 cm³/mol. The number of rotatable bonds is 21. The van der Waals surface area contributed by atoms with Crippen LogP contribution in [0.1, 0.15) is 216 Å². The summed E-state index contributed by atoms with van der Waals surface area (Å²) in [6.45, 7) is 20.7. The molecule has 5 fully saturated rings. The number of amides is 1. The molecular formula is C51H91NO4. The molecule has 5 nitrogen and oxygen atoms in total. The summed E-state index contributed by atoms with van der Waals surface area (Å²) in [4.78, 5) is 12.5. The summed E-state index contributed by atoms with van der Waals surface area (Å²) < 4.78 is 0. The molecule has 0 unspecified atom stereocenters. The van der Waals surface area contributed by atoms with Crippen LogP contribution in [0.25, 0.3) is 0 Å². The highest BCUT2D eigenvalue weighted by Gasteiger charge is 2.70. The van der Waals surface area contributed by atoms with Crippen molar-refractivity contribution in [2.75, 3.05) is 6.54 Å². The SMILES string of the molecule is CCCCCC/C=C/CCCCCCCC(=O)NC[C@H](O)[C@H](O)[C@H](O)CC[C@@H](C)[C@H]1CC[C@]2(C)[C@H]3CC[C@@H]4[C@@]5(C)CCCC(C)(C)[C@@H]5CC[C@@]4(C)[C@]3(C)CC[C@@H]12. The van der Waals surface area contributed by atoms with Crippen LogP contribution in [0.4, 0.5) is 0 Å². The van der Waals surface area contributed by atoms with E-state index < -0.39 is 18.3 Å². The Morgan fingerprint density at radius 1 is 0.661 bits per heavy atom. The maximum absolute atomic E-state index is 12.5. The molecule has 5 rings (SSSR count). The van der Waals surface area contributed by atoms with E-state index in [4.69, 9.17) is 0 Å². The number of aliphatic hydroxyl groups excluding tert-OH is 3. The Balaban J connectivity index is 1.01. The first-order valence-electron chi connectivity index (χ1n) is 24.5. The van der Waals surface area contributed by atoms with Gasteiger partial charge >= 0.3 is 0 Å². The number of fused-ring (bicyclic) bond motifs is 7. The average molecular weight is 782 g/mol. The molecule has 0 saturated heterocycles. The minimum Gasteiger partial charge on any atom is -0.390 e. The van der Waals surface area contributed by atoms with E-state index >= 15 is 0 Å². The lowest BCUT2D eigenvalue weighted by Gasteiger charge is -2.73. The lowest BCUT2D eigenvalue weighted by molar-refractivity contribution is -0.241. The first-order chi connectivity index (χ1) is 26.5.